The summed E-state index contributed by atoms with van der Waals surface area (Å²) >= 11 is 0. The molecule has 9 rings (SSSR count). The third-order valence-electron chi connectivity index (χ3n) is 10.0. The number of hydrogen-bond acceptors (Lipinski definition) is 2. The molecule has 0 N–H and O–H groups in total. The van der Waals surface area contributed by atoms with E-state index >= 15 is 0 Å². The SMILES string of the molecule is CC1C=C(c2nc(-c3ccccc3)cc(-c3ccc(-c4cccc(-c5ccc(-n6c7c(c8ccccc86)CCC=C7)cc5)c4)cc3)n2)C=CC1. The molecule has 50 heavy (non-hydrogen) atoms. The van der Waals surface area contributed by atoms with Gasteiger partial charge in [-0.3, -0.25) is 0 Å². The molecule has 0 radical (unpaired) electrons. The fourth-order valence-corrected chi connectivity index (χ4v) is 7.45. The molecular formula is C47H37N3. The molecule has 0 aliphatic heterocycles. The van der Waals surface area contributed by atoms with Crippen molar-refractivity contribution in [2.24, 2.45) is 5.92 Å². The Bertz CT molecular complexity index is 2440. The second-order valence-corrected chi connectivity index (χ2v) is 13.4. The Labute approximate surface area is 293 Å². The molecule has 2 heterocycles. The third-order valence-corrected chi connectivity index (χ3v) is 10.0. The van der Waals surface area contributed by atoms with Crippen molar-refractivity contribution in [1.82, 2.24) is 14.5 Å². The quantitative estimate of drug-likeness (QED) is 0.181. The highest BCUT2D eigenvalue weighted by atomic mass is 15.0. The van der Waals surface area contributed by atoms with Gasteiger partial charge in [-0.15, -0.1) is 0 Å². The number of fused-ring (bicyclic) bond motifs is 3. The number of para-hydroxylation sites is 1. The molecule has 1 atom stereocenters. The van der Waals surface area contributed by atoms with Crippen LogP contribution in [0, 0.1) is 5.92 Å². The summed E-state index contributed by atoms with van der Waals surface area (Å²) in [5.41, 5.74) is 15.1. The second-order valence-electron chi connectivity index (χ2n) is 13.4. The molecule has 5 aromatic carbocycles. The van der Waals surface area contributed by atoms with Crippen LogP contribution in [0.4, 0.5) is 0 Å². The number of aromatic nitrogens is 3. The van der Waals surface area contributed by atoms with Crippen molar-refractivity contribution in [3.63, 3.8) is 0 Å². The fourth-order valence-electron chi connectivity index (χ4n) is 7.45. The normalized spacial score (nSPS) is 15.2. The number of benzene rings is 5. The van der Waals surface area contributed by atoms with E-state index in [1.165, 1.54) is 50.1 Å². The van der Waals surface area contributed by atoms with E-state index in [2.05, 4.69) is 169 Å². The first-order valence-corrected chi connectivity index (χ1v) is 17.6. The minimum atomic E-state index is 0.470. The van der Waals surface area contributed by atoms with Gasteiger partial charge in [-0.2, -0.15) is 0 Å². The summed E-state index contributed by atoms with van der Waals surface area (Å²) in [6, 6.07) is 47.9. The Hall–Kier alpha value is -6.06. The van der Waals surface area contributed by atoms with E-state index in [0.717, 1.165) is 53.2 Å². The lowest BCUT2D eigenvalue weighted by atomic mass is 9.96. The minimum Gasteiger partial charge on any atom is -0.310 e. The first-order chi connectivity index (χ1) is 24.7. The van der Waals surface area contributed by atoms with Crippen LogP contribution < -0.4 is 0 Å². The largest absolute Gasteiger partial charge is 0.310 e. The van der Waals surface area contributed by atoms with Crippen LogP contribution in [0.3, 0.4) is 0 Å². The molecule has 0 saturated carbocycles. The lowest BCUT2D eigenvalue weighted by molar-refractivity contribution is 0.738. The molecule has 2 aromatic heterocycles. The minimum absolute atomic E-state index is 0.470. The van der Waals surface area contributed by atoms with Crippen LogP contribution in [0.5, 0.6) is 0 Å². The van der Waals surface area contributed by atoms with Crippen molar-refractivity contribution in [3.8, 4) is 50.5 Å². The van der Waals surface area contributed by atoms with Crippen LogP contribution in [0.1, 0.15) is 36.8 Å². The van der Waals surface area contributed by atoms with Gasteiger partial charge in [-0.25, -0.2) is 9.97 Å². The Balaban J connectivity index is 1.02. The first-order valence-electron chi connectivity index (χ1n) is 17.6. The van der Waals surface area contributed by atoms with Gasteiger partial charge in [-0.05, 0) is 89.4 Å². The molecule has 3 nitrogen and oxygen atoms in total. The van der Waals surface area contributed by atoms with Gasteiger partial charge in [0, 0.05) is 33.5 Å². The predicted molar refractivity (Wildman–Crippen MR) is 209 cm³/mol. The third kappa shape index (κ3) is 5.61. The lowest BCUT2D eigenvalue weighted by Crippen LogP contribution is -2.02. The van der Waals surface area contributed by atoms with E-state index in [1.807, 2.05) is 6.07 Å². The highest BCUT2D eigenvalue weighted by Crippen LogP contribution is 2.35. The summed E-state index contributed by atoms with van der Waals surface area (Å²) in [6.07, 6.45) is 14.5. The van der Waals surface area contributed by atoms with Crippen molar-refractivity contribution >= 4 is 22.6 Å². The maximum atomic E-state index is 5.07. The molecule has 7 aromatic rings. The summed E-state index contributed by atoms with van der Waals surface area (Å²) < 4.78 is 2.41. The molecular weight excluding hydrogens is 607 g/mol. The van der Waals surface area contributed by atoms with Crippen LogP contribution >= 0.6 is 0 Å². The van der Waals surface area contributed by atoms with Crippen LogP contribution in [-0.2, 0) is 6.42 Å². The molecule has 0 bridgehead atoms. The van der Waals surface area contributed by atoms with Gasteiger partial charge in [-0.1, -0.05) is 134 Å². The van der Waals surface area contributed by atoms with E-state index in [4.69, 9.17) is 9.97 Å². The maximum Gasteiger partial charge on any atom is 0.160 e. The van der Waals surface area contributed by atoms with Gasteiger partial charge in [0.25, 0.3) is 0 Å². The predicted octanol–water partition coefficient (Wildman–Crippen LogP) is 12.0. The highest BCUT2D eigenvalue weighted by molar-refractivity contribution is 5.91. The smallest absolute Gasteiger partial charge is 0.160 e. The molecule has 3 heteroatoms. The molecule has 2 aliphatic rings. The Kier molecular flexibility index (Phi) is 7.66. The lowest BCUT2D eigenvalue weighted by Gasteiger charge is -2.14. The molecule has 0 amide bonds. The van der Waals surface area contributed by atoms with E-state index in [0.29, 0.717) is 5.92 Å². The average molecular weight is 644 g/mol. The monoisotopic (exact) mass is 643 g/mol. The summed E-state index contributed by atoms with van der Waals surface area (Å²) in [5, 5.41) is 1.36. The van der Waals surface area contributed by atoms with E-state index in [1.54, 1.807) is 0 Å². The van der Waals surface area contributed by atoms with Crippen molar-refractivity contribution < 1.29 is 0 Å². The van der Waals surface area contributed by atoms with E-state index in [-0.39, 0.29) is 0 Å². The summed E-state index contributed by atoms with van der Waals surface area (Å²) in [5.74, 6) is 1.24. The highest BCUT2D eigenvalue weighted by Gasteiger charge is 2.18. The van der Waals surface area contributed by atoms with Crippen molar-refractivity contribution in [3.05, 3.63) is 175 Å². The van der Waals surface area contributed by atoms with Gasteiger partial charge in [0.05, 0.1) is 16.9 Å². The molecule has 0 saturated heterocycles. The topological polar surface area (TPSA) is 30.7 Å². The fraction of sp³-hybridized carbons (Fsp3) is 0.106. The standard InChI is InChI=1S/C47H37N3/c1-32-11-9-16-39(29-32)47-48-43(35-12-3-2-4-13-35)31-44(49-47)36-23-21-33(22-24-36)37-14-10-15-38(30-37)34-25-27-40(28-26-34)50-45-19-7-5-17-41(45)42-18-6-8-20-46(42)50/h2-5,7-10,12-17,19-32H,6,11,18H2,1H3. The van der Waals surface area contributed by atoms with Crippen molar-refractivity contribution in [2.75, 3.05) is 0 Å². The van der Waals surface area contributed by atoms with Gasteiger partial charge in [0.1, 0.15) is 0 Å². The maximum absolute atomic E-state index is 5.07. The van der Waals surface area contributed by atoms with Crippen LogP contribution in [0.15, 0.2) is 158 Å². The summed E-state index contributed by atoms with van der Waals surface area (Å²) in [6.45, 7) is 2.24. The average Bonchev–Trinajstić information content (AvgIpc) is 3.53. The molecule has 1 unspecified atom stereocenters. The second kappa shape index (κ2) is 12.8. The number of hydrogen-bond donors (Lipinski definition) is 0. The zero-order valence-corrected chi connectivity index (χ0v) is 28.1. The zero-order valence-electron chi connectivity index (χ0n) is 28.1. The number of allylic oxidation sites excluding steroid dienone is 5. The number of aryl methyl sites for hydroxylation is 1. The molecule has 2 aliphatic carbocycles. The number of rotatable bonds is 6. The van der Waals surface area contributed by atoms with Crippen LogP contribution in [0.2, 0.25) is 0 Å². The van der Waals surface area contributed by atoms with Crippen LogP contribution in [-0.4, -0.2) is 14.5 Å². The summed E-state index contributed by atoms with van der Waals surface area (Å²) in [4.78, 5) is 10.1. The van der Waals surface area contributed by atoms with Crippen molar-refractivity contribution in [2.45, 2.75) is 26.2 Å². The van der Waals surface area contributed by atoms with Gasteiger partial charge >= 0.3 is 0 Å². The molecule has 0 fully saturated rings. The zero-order chi connectivity index (χ0) is 33.4. The Morgan fingerprint density at radius 3 is 1.96 bits per heavy atom. The first kappa shape index (κ1) is 30.0. The van der Waals surface area contributed by atoms with E-state index in [9.17, 15) is 0 Å². The van der Waals surface area contributed by atoms with Gasteiger partial charge < -0.3 is 4.57 Å². The van der Waals surface area contributed by atoms with Gasteiger partial charge in [0.15, 0.2) is 5.82 Å². The van der Waals surface area contributed by atoms with Gasteiger partial charge in [0.2, 0.25) is 0 Å². The molecule has 0 spiro atoms. The Morgan fingerprint density at radius 1 is 0.580 bits per heavy atom. The Morgan fingerprint density at radius 2 is 1.22 bits per heavy atom. The molecule has 240 valence electrons. The number of nitrogens with zero attached hydrogens (tertiary/aromatic N) is 3. The van der Waals surface area contributed by atoms with Crippen LogP contribution in [0.25, 0.3) is 73.0 Å². The summed E-state index contributed by atoms with van der Waals surface area (Å²) in [7, 11) is 0. The van der Waals surface area contributed by atoms with E-state index < -0.39 is 0 Å². The van der Waals surface area contributed by atoms with Crippen molar-refractivity contribution in [1.29, 1.82) is 0 Å².